The van der Waals surface area contributed by atoms with Crippen molar-refractivity contribution in [2.75, 3.05) is 31.5 Å². The lowest BCUT2D eigenvalue weighted by Crippen LogP contribution is -2.66. The molecule has 8 nitrogen and oxygen atoms in total. The first-order valence-electron chi connectivity index (χ1n) is 12.3. The summed E-state index contributed by atoms with van der Waals surface area (Å²) < 4.78 is 6.75. The number of ether oxygens (including phenoxy) is 1. The van der Waals surface area contributed by atoms with E-state index in [1.54, 1.807) is 12.4 Å². The second kappa shape index (κ2) is 9.71. The largest absolute Gasteiger partial charge is 0.454 e. The van der Waals surface area contributed by atoms with Gasteiger partial charge in [0.25, 0.3) is 5.91 Å². The van der Waals surface area contributed by atoms with Crippen LogP contribution in [-0.4, -0.2) is 63.7 Å². The second-order valence-electron chi connectivity index (χ2n) is 10.2. The van der Waals surface area contributed by atoms with E-state index in [9.17, 15) is 14.7 Å². The van der Waals surface area contributed by atoms with Gasteiger partial charge < -0.3 is 19.6 Å². The van der Waals surface area contributed by atoms with E-state index in [1.165, 1.54) is 17.7 Å². The Bertz CT molecular complexity index is 988. The zero-order chi connectivity index (χ0) is 23.6. The molecule has 1 unspecified atom stereocenters. The number of amides is 1. The number of piperidine rings is 3. The van der Waals surface area contributed by atoms with Gasteiger partial charge in [-0.1, -0.05) is 19.3 Å². The Morgan fingerprint density at radius 1 is 1.15 bits per heavy atom. The van der Waals surface area contributed by atoms with Crippen molar-refractivity contribution in [2.45, 2.75) is 56.7 Å². The molecule has 3 saturated heterocycles. The van der Waals surface area contributed by atoms with E-state index >= 15 is 0 Å². The molecule has 2 atom stereocenters. The van der Waals surface area contributed by atoms with Crippen molar-refractivity contribution < 1.29 is 23.9 Å². The molecule has 1 amide bonds. The average Bonchev–Trinajstić information content (AvgIpc) is 3.40. The van der Waals surface area contributed by atoms with Crippen LogP contribution in [0.25, 0.3) is 0 Å². The summed E-state index contributed by atoms with van der Waals surface area (Å²) in [6.07, 6.45) is 11.0. The van der Waals surface area contributed by atoms with Crippen molar-refractivity contribution in [3.05, 3.63) is 41.1 Å². The molecule has 1 saturated carbocycles. The first kappa shape index (κ1) is 23.4. The molecule has 0 radical (unpaired) electrons. The first-order chi connectivity index (χ1) is 16.5. The van der Waals surface area contributed by atoms with Crippen molar-refractivity contribution in [1.82, 2.24) is 9.97 Å². The Morgan fingerprint density at radius 3 is 2.56 bits per heavy atom. The second-order valence-corrected chi connectivity index (χ2v) is 11.0. The monoisotopic (exact) mass is 485 g/mol. The van der Waals surface area contributed by atoms with Crippen molar-refractivity contribution in [3.63, 3.8) is 0 Å². The summed E-state index contributed by atoms with van der Waals surface area (Å²) in [5.41, 5.74) is -0.361. The van der Waals surface area contributed by atoms with Gasteiger partial charge in [0.05, 0.1) is 31.2 Å². The van der Waals surface area contributed by atoms with Gasteiger partial charge in [0.1, 0.15) is 12.9 Å². The lowest BCUT2D eigenvalue weighted by Gasteiger charge is -2.52. The molecule has 2 aromatic heterocycles. The van der Waals surface area contributed by atoms with Crippen LogP contribution in [0.4, 0.5) is 5.69 Å². The minimum Gasteiger partial charge on any atom is -0.454 e. The minimum atomic E-state index is -1.60. The minimum absolute atomic E-state index is 0.0859. The van der Waals surface area contributed by atoms with Gasteiger partial charge in [0.2, 0.25) is 0 Å². The lowest BCUT2D eigenvalue weighted by atomic mass is 9.74. The average molecular weight is 486 g/mol. The van der Waals surface area contributed by atoms with Gasteiger partial charge in [-0.25, -0.2) is 14.8 Å². The zero-order valence-corrected chi connectivity index (χ0v) is 20.2. The van der Waals surface area contributed by atoms with Crippen molar-refractivity contribution in [3.8, 4) is 0 Å². The highest BCUT2D eigenvalue weighted by molar-refractivity contribution is 7.08. The molecule has 6 rings (SSSR count). The summed E-state index contributed by atoms with van der Waals surface area (Å²) >= 11 is 1.49. The van der Waals surface area contributed by atoms with Crippen molar-refractivity contribution in [1.29, 1.82) is 0 Å². The molecule has 2 bridgehead atoms. The van der Waals surface area contributed by atoms with Crippen LogP contribution in [-0.2, 0) is 19.9 Å². The number of quaternary nitrogens is 1. The maximum absolute atomic E-state index is 13.6. The molecule has 3 aliphatic heterocycles. The third-order valence-electron chi connectivity index (χ3n) is 8.09. The number of rotatable bonds is 7. The van der Waals surface area contributed by atoms with E-state index in [-0.39, 0.29) is 23.8 Å². The SMILES string of the molecule is O=C(C[N+]12CCC(CC1)C(OC(=O)[C@](O)(c1ccsc1)C1CCCCC1)C2)Nc1cncnc1. The van der Waals surface area contributed by atoms with E-state index in [1.807, 2.05) is 16.8 Å². The first-order valence-corrected chi connectivity index (χ1v) is 13.3. The quantitative estimate of drug-likeness (QED) is 0.462. The number of esters is 1. The molecule has 4 aliphatic rings. The number of carbonyl (C=O) groups excluding carboxylic acids is 2. The van der Waals surface area contributed by atoms with Gasteiger partial charge in [-0.3, -0.25) is 4.79 Å². The fraction of sp³-hybridized carbons (Fsp3) is 0.600. The van der Waals surface area contributed by atoms with Crippen molar-refractivity contribution >= 4 is 28.9 Å². The number of hydrogen-bond donors (Lipinski definition) is 2. The molecule has 0 aromatic carbocycles. The van der Waals surface area contributed by atoms with Crippen LogP contribution < -0.4 is 5.32 Å². The van der Waals surface area contributed by atoms with Gasteiger partial charge >= 0.3 is 5.97 Å². The fourth-order valence-corrected chi connectivity index (χ4v) is 6.90. The molecule has 4 fully saturated rings. The van der Waals surface area contributed by atoms with E-state index in [2.05, 4.69) is 15.3 Å². The topological polar surface area (TPSA) is 101 Å². The van der Waals surface area contributed by atoms with Gasteiger partial charge in [-0.15, -0.1) is 0 Å². The van der Waals surface area contributed by atoms with Crippen LogP contribution >= 0.6 is 11.3 Å². The smallest absolute Gasteiger partial charge is 0.343 e. The van der Waals surface area contributed by atoms with E-state index in [0.717, 1.165) is 58.0 Å². The van der Waals surface area contributed by atoms with Crippen LogP contribution in [0.3, 0.4) is 0 Å². The summed E-state index contributed by atoms with van der Waals surface area (Å²) in [6, 6.07) is 1.85. The van der Waals surface area contributed by atoms with Crippen molar-refractivity contribution in [2.24, 2.45) is 11.8 Å². The summed E-state index contributed by atoms with van der Waals surface area (Å²) in [7, 11) is 0. The molecular formula is C25H33N4O4S+. The standard InChI is InChI=1S/C25H32N4O4S/c30-23(28-21-12-26-17-27-13-21)15-29-9-6-18(7-10-29)22(14-29)33-24(31)25(32,20-8-11-34-16-20)19-4-2-1-3-5-19/h8,11-13,16-19,22,32H,1-7,9-10,14-15H2/p+1/t18?,22?,25-,29?/m1/s1. The highest BCUT2D eigenvalue weighted by Gasteiger charge is 2.52. The van der Waals surface area contributed by atoms with Crippen LogP contribution in [0.5, 0.6) is 0 Å². The number of aliphatic hydroxyl groups is 1. The Morgan fingerprint density at radius 2 is 1.88 bits per heavy atom. The number of nitrogens with zero attached hydrogens (tertiary/aromatic N) is 3. The molecular weight excluding hydrogens is 452 g/mol. The number of fused-ring (bicyclic) bond motifs is 3. The predicted molar refractivity (Wildman–Crippen MR) is 128 cm³/mol. The highest BCUT2D eigenvalue weighted by atomic mass is 32.1. The number of thiophene rings is 1. The molecule has 182 valence electrons. The van der Waals surface area contributed by atoms with E-state index < -0.39 is 11.6 Å². The summed E-state index contributed by atoms with van der Waals surface area (Å²) in [5, 5.41) is 18.4. The molecule has 2 N–H and O–H groups in total. The number of carbonyl (C=O) groups is 2. The molecule has 5 heterocycles. The number of nitrogens with one attached hydrogen (secondary N) is 1. The fourth-order valence-electron chi connectivity index (χ4n) is 6.19. The highest BCUT2D eigenvalue weighted by Crippen LogP contribution is 2.43. The third-order valence-corrected chi connectivity index (χ3v) is 8.77. The van der Waals surface area contributed by atoms with E-state index in [0.29, 0.717) is 28.8 Å². The Hall–Kier alpha value is -2.36. The van der Waals surface area contributed by atoms with E-state index in [4.69, 9.17) is 4.74 Å². The Kier molecular flexibility index (Phi) is 6.68. The maximum atomic E-state index is 13.6. The van der Waals surface area contributed by atoms with Gasteiger partial charge in [0.15, 0.2) is 18.2 Å². The number of hydrogen-bond acceptors (Lipinski definition) is 7. The lowest BCUT2D eigenvalue weighted by molar-refractivity contribution is -0.939. The zero-order valence-electron chi connectivity index (χ0n) is 19.4. The van der Waals surface area contributed by atoms with Gasteiger partial charge in [0, 0.05) is 30.2 Å². The molecule has 9 heteroatoms. The molecule has 34 heavy (non-hydrogen) atoms. The number of aromatic nitrogens is 2. The predicted octanol–water partition coefficient (Wildman–Crippen LogP) is 3.10. The van der Waals surface area contributed by atoms with Crippen LogP contribution in [0, 0.1) is 11.8 Å². The number of anilines is 1. The summed E-state index contributed by atoms with van der Waals surface area (Å²) in [5.74, 6) is -0.433. The Balaban J connectivity index is 1.29. The Labute approximate surface area is 204 Å². The van der Waals surface area contributed by atoms with Crippen LogP contribution in [0.2, 0.25) is 0 Å². The normalized spacial score (nSPS) is 28.7. The van der Waals surface area contributed by atoms with Gasteiger partial charge in [-0.2, -0.15) is 11.3 Å². The third kappa shape index (κ3) is 4.61. The van der Waals surface area contributed by atoms with Crippen LogP contribution in [0.15, 0.2) is 35.5 Å². The summed E-state index contributed by atoms with van der Waals surface area (Å²) in [6.45, 7) is 2.73. The molecule has 2 aromatic rings. The maximum Gasteiger partial charge on any atom is 0.343 e. The molecule has 0 spiro atoms. The van der Waals surface area contributed by atoms with Crippen LogP contribution in [0.1, 0.15) is 50.5 Å². The summed E-state index contributed by atoms with van der Waals surface area (Å²) in [4.78, 5) is 34.3. The molecule has 1 aliphatic carbocycles. The van der Waals surface area contributed by atoms with Gasteiger partial charge in [-0.05, 0) is 29.7 Å².